The number of hydrogen-bond donors (Lipinski definition) is 1. The van der Waals surface area contributed by atoms with Gasteiger partial charge in [-0.3, -0.25) is 9.78 Å². The molecule has 0 atom stereocenters. The number of aromatic nitrogens is 1. The van der Waals surface area contributed by atoms with Crippen molar-refractivity contribution in [1.82, 2.24) is 10.3 Å². The fraction of sp³-hybridized carbons (Fsp3) is 0.250. The molecule has 1 amide bonds. The SMILES string of the molecule is O=C(CCSCc1ccccc1Cl)NCc1cccnc1. The third-order valence-corrected chi connectivity index (χ3v) is 4.28. The molecule has 5 heteroatoms. The fourth-order valence-corrected chi connectivity index (χ4v) is 2.98. The number of nitrogens with one attached hydrogen (secondary N) is 1. The number of carbonyl (C=O) groups is 1. The van der Waals surface area contributed by atoms with Crippen LogP contribution in [0.25, 0.3) is 0 Å². The molecule has 1 aromatic carbocycles. The van der Waals surface area contributed by atoms with E-state index in [0.717, 1.165) is 27.7 Å². The van der Waals surface area contributed by atoms with Gasteiger partial charge < -0.3 is 5.32 Å². The summed E-state index contributed by atoms with van der Waals surface area (Å²) in [6.45, 7) is 0.530. The van der Waals surface area contributed by atoms with E-state index >= 15 is 0 Å². The van der Waals surface area contributed by atoms with E-state index in [9.17, 15) is 4.79 Å². The van der Waals surface area contributed by atoms with Gasteiger partial charge in [-0.25, -0.2) is 0 Å². The Balaban J connectivity index is 1.62. The number of pyridine rings is 1. The second-order valence-electron chi connectivity index (χ2n) is 4.53. The van der Waals surface area contributed by atoms with Crippen LogP contribution in [-0.4, -0.2) is 16.6 Å². The molecule has 0 bridgehead atoms. The summed E-state index contributed by atoms with van der Waals surface area (Å²) in [5.41, 5.74) is 2.12. The number of nitrogens with zero attached hydrogens (tertiary/aromatic N) is 1. The molecule has 1 heterocycles. The van der Waals surface area contributed by atoms with Crippen molar-refractivity contribution in [3.8, 4) is 0 Å². The minimum absolute atomic E-state index is 0.0607. The molecule has 0 saturated heterocycles. The van der Waals surface area contributed by atoms with Gasteiger partial charge in [0.1, 0.15) is 0 Å². The van der Waals surface area contributed by atoms with Gasteiger partial charge in [-0.15, -0.1) is 0 Å². The van der Waals surface area contributed by atoms with Crippen LogP contribution in [0, 0.1) is 0 Å². The van der Waals surface area contributed by atoms with Crippen molar-refractivity contribution in [3.63, 3.8) is 0 Å². The first-order chi connectivity index (χ1) is 10.3. The topological polar surface area (TPSA) is 42.0 Å². The Bertz CT molecular complexity index is 577. The first kappa shape index (κ1) is 15.9. The molecule has 3 nitrogen and oxygen atoms in total. The molecule has 2 aromatic rings. The van der Waals surface area contributed by atoms with Crippen molar-refractivity contribution < 1.29 is 4.79 Å². The zero-order valence-electron chi connectivity index (χ0n) is 11.6. The van der Waals surface area contributed by atoms with Crippen molar-refractivity contribution in [1.29, 1.82) is 0 Å². The van der Waals surface area contributed by atoms with Gasteiger partial charge in [0.2, 0.25) is 5.91 Å². The number of carbonyl (C=O) groups excluding carboxylic acids is 1. The van der Waals surface area contributed by atoms with Crippen LogP contribution in [-0.2, 0) is 17.1 Å². The summed E-state index contributed by atoms with van der Waals surface area (Å²) in [6, 6.07) is 11.6. The van der Waals surface area contributed by atoms with E-state index in [2.05, 4.69) is 10.3 Å². The Kier molecular flexibility index (Phi) is 6.57. The molecule has 0 aliphatic heterocycles. The lowest BCUT2D eigenvalue weighted by atomic mass is 10.2. The summed E-state index contributed by atoms with van der Waals surface area (Å²) in [4.78, 5) is 15.7. The summed E-state index contributed by atoms with van der Waals surface area (Å²) in [7, 11) is 0. The number of thioether (sulfide) groups is 1. The molecule has 0 radical (unpaired) electrons. The minimum atomic E-state index is 0.0607. The number of halogens is 1. The van der Waals surface area contributed by atoms with Gasteiger partial charge in [0.05, 0.1) is 0 Å². The molecule has 110 valence electrons. The third kappa shape index (κ3) is 5.78. The van der Waals surface area contributed by atoms with Gasteiger partial charge >= 0.3 is 0 Å². The van der Waals surface area contributed by atoms with Crippen molar-refractivity contribution >= 4 is 29.3 Å². The first-order valence-electron chi connectivity index (χ1n) is 6.72. The van der Waals surface area contributed by atoms with Gasteiger partial charge in [0.25, 0.3) is 0 Å². The van der Waals surface area contributed by atoms with Gasteiger partial charge in [0, 0.05) is 41.9 Å². The highest BCUT2D eigenvalue weighted by Gasteiger charge is 2.03. The molecule has 0 fully saturated rings. The average molecular weight is 321 g/mol. The molecule has 0 unspecified atom stereocenters. The summed E-state index contributed by atoms with van der Waals surface area (Å²) >= 11 is 7.80. The molecule has 21 heavy (non-hydrogen) atoms. The summed E-state index contributed by atoms with van der Waals surface area (Å²) < 4.78 is 0. The summed E-state index contributed by atoms with van der Waals surface area (Å²) in [5.74, 6) is 1.67. The molecule has 0 saturated carbocycles. The highest BCUT2D eigenvalue weighted by Crippen LogP contribution is 2.20. The van der Waals surface area contributed by atoms with Crippen LogP contribution < -0.4 is 5.32 Å². The van der Waals surface area contributed by atoms with E-state index in [-0.39, 0.29) is 5.91 Å². The van der Waals surface area contributed by atoms with Crippen LogP contribution in [0.3, 0.4) is 0 Å². The number of rotatable bonds is 7. The van der Waals surface area contributed by atoms with Crippen molar-refractivity contribution in [2.45, 2.75) is 18.7 Å². The standard InChI is InChI=1S/C16H17ClN2OS/c17-15-6-2-1-5-14(15)12-21-9-7-16(20)19-11-13-4-3-8-18-10-13/h1-6,8,10H,7,9,11-12H2,(H,19,20). The Hall–Kier alpha value is -1.52. The molecule has 0 aliphatic rings. The van der Waals surface area contributed by atoms with E-state index in [1.165, 1.54) is 0 Å². The van der Waals surface area contributed by atoms with Crippen molar-refractivity contribution in [2.24, 2.45) is 0 Å². The zero-order valence-corrected chi connectivity index (χ0v) is 13.2. The molecule has 0 spiro atoms. The van der Waals surface area contributed by atoms with Crippen LogP contribution in [0.15, 0.2) is 48.8 Å². The largest absolute Gasteiger partial charge is 0.352 e. The number of amides is 1. The Morgan fingerprint density at radius 2 is 2.10 bits per heavy atom. The minimum Gasteiger partial charge on any atom is -0.352 e. The lowest BCUT2D eigenvalue weighted by Gasteiger charge is -2.06. The lowest BCUT2D eigenvalue weighted by molar-refractivity contribution is -0.120. The second kappa shape index (κ2) is 8.70. The van der Waals surface area contributed by atoms with E-state index in [1.54, 1.807) is 24.2 Å². The van der Waals surface area contributed by atoms with E-state index < -0.39 is 0 Å². The Morgan fingerprint density at radius 1 is 1.24 bits per heavy atom. The Morgan fingerprint density at radius 3 is 2.86 bits per heavy atom. The van der Waals surface area contributed by atoms with Crippen molar-refractivity contribution in [3.05, 3.63) is 64.9 Å². The fourth-order valence-electron chi connectivity index (χ4n) is 1.75. The number of benzene rings is 1. The average Bonchev–Trinajstić information content (AvgIpc) is 2.52. The monoisotopic (exact) mass is 320 g/mol. The Labute approximate surface area is 134 Å². The highest BCUT2D eigenvalue weighted by atomic mass is 35.5. The van der Waals surface area contributed by atoms with Crippen LogP contribution in [0.2, 0.25) is 5.02 Å². The predicted molar refractivity (Wildman–Crippen MR) is 88.3 cm³/mol. The van der Waals surface area contributed by atoms with E-state index in [0.29, 0.717) is 13.0 Å². The molecule has 1 aromatic heterocycles. The second-order valence-corrected chi connectivity index (χ2v) is 6.04. The quantitative estimate of drug-likeness (QED) is 0.791. The lowest BCUT2D eigenvalue weighted by Crippen LogP contribution is -2.23. The van der Waals surface area contributed by atoms with Crippen LogP contribution >= 0.6 is 23.4 Å². The highest BCUT2D eigenvalue weighted by molar-refractivity contribution is 7.98. The van der Waals surface area contributed by atoms with Crippen LogP contribution in [0.4, 0.5) is 0 Å². The van der Waals surface area contributed by atoms with Crippen molar-refractivity contribution in [2.75, 3.05) is 5.75 Å². The maximum Gasteiger partial charge on any atom is 0.221 e. The summed E-state index contributed by atoms with van der Waals surface area (Å²) in [5, 5.41) is 3.67. The predicted octanol–water partition coefficient (Wildman–Crippen LogP) is 3.67. The molecule has 1 N–H and O–H groups in total. The van der Waals surface area contributed by atoms with Crippen LogP contribution in [0.5, 0.6) is 0 Å². The van der Waals surface area contributed by atoms with Crippen LogP contribution in [0.1, 0.15) is 17.5 Å². The van der Waals surface area contributed by atoms with E-state index in [1.807, 2.05) is 36.4 Å². The maximum absolute atomic E-state index is 11.7. The molecular formula is C16H17ClN2OS. The summed E-state index contributed by atoms with van der Waals surface area (Å²) in [6.07, 6.45) is 3.98. The first-order valence-corrected chi connectivity index (χ1v) is 8.26. The normalized spacial score (nSPS) is 10.3. The van der Waals surface area contributed by atoms with Gasteiger partial charge in [-0.05, 0) is 23.3 Å². The number of hydrogen-bond acceptors (Lipinski definition) is 3. The van der Waals surface area contributed by atoms with E-state index in [4.69, 9.17) is 11.6 Å². The van der Waals surface area contributed by atoms with Gasteiger partial charge in [0.15, 0.2) is 0 Å². The zero-order chi connectivity index (χ0) is 14.9. The molecular weight excluding hydrogens is 304 g/mol. The maximum atomic E-state index is 11.7. The smallest absolute Gasteiger partial charge is 0.221 e. The van der Waals surface area contributed by atoms with Gasteiger partial charge in [-0.2, -0.15) is 11.8 Å². The molecule has 0 aliphatic carbocycles. The van der Waals surface area contributed by atoms with Gasteiger partial charge in [-0.1, -0.05) is 35.9 Å². The molecule has 2 rings (SSSR count). The third-order valence-electron chi connectivity index (χ3n) is 2.90.